The Bertz CT molecular complexity index is 808. The molecule has 1 aromatic heterocycles. The molecule has 9 heteroatoms. The number of nitrogens with zero attached hydrogens (tertiary/aromatic N) is 4. The molecule has 2 heterocycles. The zero-order valence-electron chi connectivity index (χ0n) is 17.5. The molecule has 0 radical (unpaired) electrons. The molecule has 0 aliphatic carbocycles. The van der Waals surface area contributed by atoms with E-state index in [0.717, 1.165) is 42.5 Å². The van der Waals surface area contributed by atoms with Gasteiger partial charge in [-0.15, -0.1) is 24.0 Å². The summed E-state index contributed by atoms with van der Waals surface area (Å²) >= 11 is 0. The lowest BCUT2D eigenvalue weighted by Crippen LogP contribution is -2.39. The summed E-state index contributed by atoms with van der Waals surface area (Å²) in [6, 6.07) is 6.26. The Morgan fingerprint density at radius 3 is 2.76 bits per heavy atom. The van der Waals surface area contributed by atoms with Gasteiger partial charge >= 0.3 is 0 Å². The lowest BCUT2D eigenvalue weighted by atomic mass is 10.1. The fourth-order valence-corrected chi connectivity index (χ4v) is 3.12. The number of ether oxygens (including phenoxy) is 2. The van der Waals surface area contributed by atoms with E-state index in [2.05, 4.69) is 47.7 Å². The predicted molar refractivity (Wildman–Crippen MR) is 125 cm³/mol. The molecule has 0 saturated heterocycles. The molecule has 0 bridgehead atoms. The number of guanidine groups is 1. The molecule has 0 saturated carbocycles. The van der Waals surface area contributed by atoms with Crippen molar-refractivity contribution in [3.05, 3.63) is 41.7 Å². The van der Waals surface area contributed by atoms with Crippen LogP contribution in [0, 0.1) is 0 Å². The number of rotatable bonds is 8. The van der Waals surface area contributed by atoms with E-state index in [0.29, 0.717) is 13.3 Å². The normalized spacial score (nSPS) is 13.9. The summed E-state index contributed by atoms with van der Waals surface area (Å²) in [6.45, 7) is 4.62. The number of hydrogen-bond donors (Lipinski definition) is 2. The van der Waals surface area contributed by atoms with Crippen LogP contribution in [-0.2, 0) is 13.5 Å². The average molecular weight is 514 g/mol. The Morgan fingerprint density at radius 1 is 1.28 bits per heavy atom. The van der Waals surface area contributed by atoms with Crippen molar-refractivity contribution in [1.82, 2.24) is 25.3 Å². The first-order valence-corrected chi connectivity index (χ1v) is 9.62. The molecule has 0 spiro atoms. The third-order valence-corrected chi connectivity index (χ3v) is 4.64. The van der Waals surface area contributed by atoms with E-state index in [1.165, 1.54) is 5.56 Å². The second-order valence-corrected chi connectivity index (χ2v) is 7.01. The number of aryl methyl sites for hydroxylation is 1. The first kappa shape index (κ1) is 23.3. The first-order chi connectivity index (χ1) is 13.6. The summed E-state index contributed by atoms with van der Waals surface area (Å²) in [5.74, 6) is 2.46. The molecule has 1 unspecified atom stereocenters. The Morgan fingerprint density at radius 2 is 2.07 bits per heavy atom. The largest absolute Gasteiger partial charge is 0.454 e. The van der Waals surface area contributed by atoms with Crippen molar-refractivity contribution in [2.45, 2.75) is 19.4 Å². The number of aromatic nitrogens is 2. The van der Waals surface area contributed by atoms with Gasteiger partial charge in [-0.3, -0.25) is 9.67 Å². The van der Waals surface area contributed by atoms with Gasteiger partial charge in [0.05, 0.1) is 18.8 Å². The van der Waals surface area contributed by atoms with Gasteiger partial charge in [0, 0.05) is 31.9 Å². The Balaban J connectivity index is 0.00000300. The molecule has 2 aromatic rings. The van der Waals surface area contributed by atoms with Gasteiger partial charge in [-0.1, -0.05) is 6.07 Å². The molecule has 8 nitrogen and oxygen atoms in total. The monoisotopic (exact) mass is 514 g/mol. The smallest absolute Gasteiger partial charge is 0.231 e. The zero-order chi connectivity index (χ0) is 19.9. The van der Waals surface area contributed by atoms with E-state index in [1.807, 2.05) is 36.3 Å². The number of aliphatic imine (C=N–C) groups is 1. The van der Waals surface area contributed by atoms with Crippen molar-refractivity contribution in [1.29, 1.82) is 0 Å². The number of nitrogens with one attached hydrogen (secondary N) is 2. The van der Waals surface area contributed by atoms with Crippen molar-refractivity contribution < 1.29 is 9.47 Å². The van der Waals surface area contributed by atoms with E-state index in [-0.39, 0.29) is 30.0 Å². The lowest BCUT2D eigenvalue weighted by molar-refractivity contribution is 0.174. The summed E-state index contributed by atoms with van der Waals surface area (Å²) in [5, 5.41) is 11.0. The third-order valence-electron chi connectivity index (χ3n) is 4.64. The van der Waals surface area contributed by atoms with Gasteiger partial charge in [0.15, 0.2) is 17.5 Å². The highest BCUT2D eigenvalue weighted by Gasteiger charge is 2.16. The third kappa shape index (κ3) is 6.49. The standard InChI is InChI=1S/C20H30N6O2.HI/c1-5-21-20(23-12-17(25(2)3)16-11-24-26(4)13-16)22-9-8-15-6-7-18-19(10-15)28-14-27-18;/h6-7,10-11,13,17H,5,8-9,12,14H2,1-4H3,(H2,21,22,23);1H. The Labute approximate surface area is 189 Å². The van der Waals surface area contributed by atoms with E-state index in [9.17, 15) is 0 Å². The fraction of sp³-hybridized carbons (Fsp3) is 0.500. The Hall–Kier alpha value is -2.01. The lowest BCUT2D eigenvalue weighted by Gasteiger charge is -2.22. The number of benzene rings is 1. The van der Waals surface area contributed by atoms with Crippen molar-refractivity contribution in [3.8, 4) is 11.5 Å². The molecule has 0 fully saturated rings. The molecule has 29 heavy (non-hydrogen) atoms. The molecule has 1 aromatic carbocycles. The number of fused-ring (bicyclic) bond motifs is 1. The number of halogens is 1. The van der Waals surface area contributed by atoms with E-state index >= 15 is 0 Å². The average Bonchev–Trinajstić information content (AvgIpc) is 3.30. The summed E-state index contributed by atoms with van der Waals surface area (Å²) in [5.41, 5.74) is 2.36. The van der Waals surface area contributed by atoms with Crippen LogP contribution in [0.15, 0.2) is 35.6 Å². The van der Waals surface area contributed by atoms with Crippen LogP contribution in [0.4, 0.5) is 0 Å². The summed E-state index contributed by atoms with van der Waals surface area (Å²) in [6.07, 6.45) is 4.82. The van der Waals surface area contributed by atoms with Crippen molar-refractivity contribution in [2.24, 2.45) is 12.0 Å². The summed E-state index contributed by atoms with van der Waals surface area (Å²) in [7, 11) is 6.06. The summed E-state index contributed by atoms with van der Waals surface area (Å²) < 4.78 is 12.6. The molecular formula is C20H31IN6O2. The molecular weight excluding hydrogens is 483 g/mol. The van der Waals surface area contributed by atoms with E-state index < -0.39 is 0 Å². The van der Waals surface area contributed by atoms with E-state index in [1.54, 1.807) is 0 Å². The molecule has 2 N–H and O–H groups in total. The van der Waals surface area contributed by atoms with Gasteiger partial charge in [0.25, 0.3) is 0 Å². The zero-order valence-corrected chi connectivity index (χ0v) is 19.8. The van der Waals surface area contributed by atoms with Crippen LogP contribution in [0.2, 0.25) is 0 Å². The summed E-state index contributed by atoms with van der Waals surface area (Å²) in [4.78, 5) is 6.94. The van der Waals surface area contributed by atoms with Gasteiger partial charge in [-0.2, -0.15) is 5.10 Å². The van der Waals surface area contributed by atoms with Gasteiger partial charge in [-0.05, 0) is 45.1 Å². The highest BCUT2D eigenvalue weighted by Crippen LogP contribution is 2.32. The number of hydrogen-bond acceptors (Lipinski definition) is 5. The van der Waals surface area contributed by atoms with Crippen molar-refractivity contribution >= 4 is 29.9 Å². The topological polar surface area (TPSA) is 75.9 Å². The minimum atomic E-state index is 0. The van der Waals surface area contributed by atoms with Crippen molar-refractivity contribution in [3.63, 3.8) is 0 Å². The van der Waals surface area contributed by atoms with E-state index in [4.69, 9.17) is 14.5 Å². The second kappa shape index (κ2) is 11.2. The molecule has 0 amide bonds. The first-order valence-electron chi connectivity index (χ1n) is 9.62. The van der Waals surface area contributed by atoms with Gasteiger partial charge < -0.3 is 25.0 Å². The van der Waals surface area contributed by atoms with Crippen LogP contribution >= 0.6 is 24.0 Å². The highest BCUT2D eigenvalue weighted by molar-refractivity contribution is 14.0. The SMILES string of the molecule is CCNC(=NCC(c1cnn(C)c1)N(C)C)NCCc1ccc2c(c1)OCO2.I. The van der Waals surface area contributed by atoms with Gasteiger partial charge in [0.2, 0.25) is 6.79 Å². The van der Waals surface area contributed by atoms with Gasteiger partial charge in [-0.25, -0.2) is 0 Å². The fourth-order valence-electron chi connectivity index (χ4n) is 3.12. The Kier molecular flexibility index (Phi) is 9.02. The maximum absolute atomic E-state index is 5.45. The van der Waals surface area contributed by atoms with Crippen LogP contribution in [0.25, 0.3) is 0 Å². The van der Waals surface area contributed by atoms with Crippen molar-refractivity contribution in [2.75, 3.05) is 40.5 Å². The van der Waals surface area contributed by atoms with Crippen LogP contribution in [0.3, 0.4) is 0 Å². The molecule has 160 valence electrons. The second-order valence-electron chi connectivity index (χ2n) is 7.01. The molecule has 1 atom stereocenters. The maximum Gasteiger partial charge on any atom is 0.231 e. The van der Waals surface area contributed by atoms with Crippen LogP contribution in [-0.4, -0.2) is 61.2 Å². The van der Waals surface area contributed by atoms with Crippen LogP contribution < -0.4 is 20.1 Å². The molecule has 1 aliphatic heterocycles. The molecule has 1 aliphatic rings. The highest BCUT2D eigenvalue weighted by atomic mass is 127. The van der Waals surface area contributed by atoms with Gasteiger partial charge in [0.1, 0.15) is 0 Å². The predicted octanol–water partition coefficient (Wildman–Crippen LogP) is 2.17. The quantitative estimate of drug-likeness (QED) is 0.320. The molecule has 3 rings (SSSR count). The minimum Gasteiger partial charge on any atom is -0.454 e. The minimum absolute atomic E-state index is 0. The van der Waals surface area contributed by atoms with Crippen LogP contribution in [0.5, 0.6) is 11.5 Å². The van der Waals surface area contributed by atoms with Crippen LogP contribution in [0.1, 0.15) is 24.1 Å². The maximum atomic E-state index is 5.45. The number of likely N-dealkylation sites (N-methyl/N-ethyl adjacent to an activating group) is 1.